The van der Waals surface area contributed by atoms with E-state index in [9.17, 15) is 4.39 Å². The van der Waals surface area contributed by atoms with Gasteiger partial charge >= 0.3 is 0 Å². The molecule has 142 valence electrons. The number of halogens is 1. The molecule has 1 N–H and O–H groups in total. The molecule has 7 heteroatoms. The maximum absolute atomic E-state index is 13.6. The fourth-order valence-electron chi connectivity index (χ4n) is 3.55. The molecule has 0 aliphatic carbocycles. The van der Waals surface area contributed by atoms with Gasteiger partial charge in [-0.1, -0.05) is 12.1 Å². The molecular formula is C20H24FN5O. The molecule has 1 aromatic carbocycles. The summed E-state index contributed by atoms with van der Waals surface area (Å²) in [4.78, 5) is 2.44. The zero-order chi connectivity index (χ0) is 18.6. The van der Waals surface area contributed by atoms with Crippen molar-refractivity contribution in [2.75, 3.05) is 19.7 Å². The predicted molar refractivity (Wildman–Crippen MR) is 100 cm³/mol. The summed E-state index contributed by atoms with van der Waals surface area (Å²) in [6, 6.07) is 10.6. The van der Waals surface area contributed by atoms with Crippen LogP contribution in [-0.4, -0.2) is 44.6 Å². The molecule has 2 aromatic heterocycles. The summed E-state index contributed by atoms with van der Waals surface area (Å²) in [7, 11) is 1.98. The van der Waals surface area contributed by atoms with Crippen LogP contribution in [0.5, 0.6) is 5.75 Å². The lowest BCUT2D eigenvalue weighted by Crippen LogP contribution is -2.21. The molecule has 1 aliphatic rings. The number of rotatable bonds is 7. The highest BCUT2D eigenvalue weighted by atomic mass is 19.1. The second-order valence-corrected chi connectivity index (χ2v) is 7.01. The first-order valence-electron chi connectivity index (χ1n) is 9.30. The number of hydrogen-bond donors (Lipinski definition) is 1. The molecule has 4 rings (SSSR count). The fraction of sp³-hybridized carbons (Fsp3) is 0.400. The number of nitrogens with zero attached hydrogens (tertiary/aromatic N) is 4. The van der Waals surface area contributed by atoms with E-state index in [2.05, 4.69) is 32.3 Å². The number of para-hydroxylation sites is 1. The van der Waals surface area contributed by atoms with Crippen molar-refractivity contribution >= 4 is 0 Å². The van der Waals surface area contributed by atoms with Crippen LogP contribution in [0.3, 0.4) is 0 Å². The Morgan fingerprint density at radius 2 is 2.19 bits per heavy atom. The normalized spacial score (nSPS) is 17.5. The van der Waals surface area contributed by atoms with E-state index < -0.39 is 0 Å². The van der Waals surface area contributed by atoms with E-state index in [0.29, 0.717) is 24.7 Å². The van der Waals surface area contributed by atoms with Crippen LogP contribution in [0.1, 0.15) is 29.4 Å². The van der Waals surface area contributed by atoms with Gasteiger partial charge in [-0.05, 0) is 37.2 Å². The Bertz CT molecular complexity index is 890. The average Bonchev–Trinajstić information content (AvgIpc) is 3.39. The number of aryl methyl sites for hydroxylation is 1. The Morgan fingerprint density at radius 1 is 1.30 bits per heavy atom. The Hall–Kier alpha value is -2.67. The van der Waals surface area contributed by atoms with Crippen LogP contribution in [-0.2, 0) is 20.0 Å². The van der Waals surface area contributed by atoms with E-state index >= 15 is 0 Å². The van der Waals surface area contributed by atoms with E-state index in [0.717, 1.165) is 37.4 Å². The van der Waals surface area contributed by atoms with Crippen molar-refractivity contribution in [3.05, 3.63) is 65.5 Å². The van der Waals surface area contributed by atoms with Gasteiger partial charge in [-0.15, -0.1) is 0 Å². The second-order valence-electron chi connectivity index (χ2n) is 7.01. The topological polar surface area (TPSA) is 59.0 Å². The summed E-state index contributed by atoms with van der Waals surface area (Å²) in [6.07, 6.45) is 3.62. The molecule has 6 nitrogen and oxygen atoms in total. The third-order valence-corrected chi connectivity index (χ3v) is 5.12. The van der Waals surface area contributed by atoms with Crippen molar-refractivity contribution in [2.45, 2.75) is 25.3 Å². The lowest BCUT2D eigenvalue weighted by atomic mass is 10.0. The van der Waals surface area contributed by atoms with Crippen molar-refractivity contribution in [3.63, 3.8) is 0 Å². The van der Waals surface area contributed by atoms with Gasteiger partial charge in [0.25, 0.3) is 0 Å². The summed E-state index contributed by atoms with van der Waals surface area (Å²) in [5, 5.41) is 11.8. The molecule has 0 radical (unpaired) electrons. The second kappa shape index (κ2) is 7.92. The number of ether oxygens (including phenoxy) is 1. The molecule has 0 bridgehead atoms. The third-order valence-electron chi connectivity index (χ3n) is 5.12. The van der Waals surface area contributed by atoms with E-state index in [4.69, 9.17) is 4.74 Å². The molecule has 1 aliphatic heterocycles. The van der Waals surface area contributed by atoms with Crippen molar-refractivity contribution < 1.29 is 9.13 Å². The summed E-state index contributed by atoms with van der Waals surface area (Å²) < 4.78 is 21.0. The van der Waals surface area contributed by atoms with Crippen molar-refractivity contribution in [1.82, 2.24) is 24.9 Å². The lowest BCUT2D eigenvalue weighted by Gasteiger charge is -2.15. The average molecular weight is 369 g/mol. The minimum atomic E-state index is -0.331. The number of benzene rings is 1. The molecule has 1 atom stereocenters. The Morgan fingerprint density at radius 3 is 3.00 bits per heavy atom. The quantitative estimate of drug-likeness (QED) is 0.696. The van der Waals surface area contributed by atoms with Gasteiger partial charge in [0.15, 0.2) is 11.6 Å². The predicted octanol–water partition coefficient (Wildman–Crippen LogP) is 2.89. The Kier molecular flexibility index (Phi) is 5.20. The summed E-state index contributed by atoms with van der Waals surface area (Å²) in [5.41, 5.74) is 3.35. The first-order chi connectivity index (χ1) is 13.2. The minimum Gasteiger partial charge on any atom is -0.490 e. The highest BCUT2D eigenvalue weighted by molar-refractivity contribution is 5.23. The highest BCUT2D eigenvalue weighted by Gasteiger charge is 2.26. The summed E-state index contributed by atoms with van der Waals surface area (Å²) in [5.74, 6) is 0.400. The smallest absolute Gasteiger partial charge is 0.165 e. The molecule has 1 unspecified atom stereocenters. The number of likely N-dealkylation sites (tertiary alicyclic amines) is 1. The number of aromatic amines is 1. The highest BCUT2D eigenvalue weighted by Crippen LogP contribution is 2.27. The maximum atomic E-state index is 13.6. The Balaban J connectivity index is 1.28. The van der Waals surface area contributed by atoms with Crippen molar-refractivity contribution in [3.8, 4) is 5.75 Å². The molecule has 1 saturated heterocycles. The fourth-order valence-corrected chi connectivity index (χ4v) is 3.55. The van der Waals surface area contributed by atoms with Crippen LogP contribution >= 0.6 is 0 Å². The molecule has 0 saturated carbocycles. The SMILES string of the molecule is Cn1nccc1CN1CCC(c2cc(CCOc3ccccc3F)[nH]n2)C1. The maximum Gasteiger partial charge on any atom is 0.165 e. The zero-order valence-corrected chi connectivity index (χ0v) is 15.4. The zero-order valence-electron chi connectivity index (χ0n) is 15.4. The van der Waals surface area contributed by atoms with Gasteiger partial charge in [0.1, 0.15) is 0 Å². The molecule has 3 heterocycles. The van der Waals surface area contributed by atoms with Crippen LogP contribution in [0.4, 0.5) is 4.39 Å². The van der Waals surface area contributed by atoms with Crippen LogP contribution in [0.25, 0.3) is 0 Å². The monoisotopic (exact) mass is 369 g/mol. The first-order valence-corrected chi connectivity index (χ1v) is 9.30. The summed E-state index contributed by atoms with van der Waals surface area (Å²) >= 11 is 0. The van der Waals surface area contributed by atoms with E-state index in [1.807, 2.05) is 17.9 Å². The number of nitrogens with one attached hydrogen (secondary N) is 1. The first kappa shape index (κ1) is 17.7. The van der Waals surface area contributed by atoms with Crippen molar-refractivity contribution in [1.29, 1.82) is 0 Å². The third kappa shape index (κ3) is 4.19. The van der Waals surface area contributed by atoms with Gasteiger partial charge in [-0.3, -0.25) is 14.7 Å². The van der Waals surface area contributed by atoms with E-state index in [1.165, 1.54) is 11.8 Å². The molecular weight excluding hydrogens is 345 g/mol. The van der Waals surface area contributed by atoms with Gasteiger partial charge in [0.2, 0.25) is 0 Å². The van der Waals surface area contributed by atoms with Crippen molar-refractivity contribution in [2.24, 2.45) is 7.05 Å². The number of aromatic nitrogens is 4. The van der Waals surface area contributed by atoms with Gasteiger partial charge in [0, 0.05) is 44.4 Å². The van der Waals surface area contributed by atoms with Crippen LogP contribution in [0, 0.1) is 5.82 Å². The largest absolute Gasteiger partial charge is 0.490 e. The van der Waals surface area contributed by atoms with Crippen LogP contribution < -0.4 is 4.74 Å². The van der Waals surface area contributed by atoms with Crippen LogP contribution in [0.2, 0.25) is 0 Å². The van der Waals surface area contributed by atoms with E-state index in [-0.39, 0.29) is 5.82 Å². The standard InChI is InChI=1S/C20H24FN5O/c1-25-17(6-9-22-25)14-26-10-7-15(13-26)19-12-16(23-24-19)8-11-27-20-5-3-2-4-18(20)21/h2-6,9,12,15H,7-8,10-11,13-14H2,1H3,(H,23,24). The number of H-pyrrole nitrogens is 1. The van der Waals surface area contributed by atoms with E-state index in [1.54, 1.807) is 18.2 Å². The van der Waals surface area contributed by atoms with Gasteiger partial charge in [-0.25, -0.2) is 4.39 Å². The molecule has 0 amide bonds. The lowest BCUT2D eigenvalue weighted by molar-refractivity contribution is 0.304. The molecule has 0 spiro atoms. The van der Waals surface area contributed by atoms with Gasteiger partial charge in [0.05, 0.1) is 18.0 Å². The van der Waals surface area contributed by atoms with Crippen LogP contribution in [0.15, 0.2) is 42.6 Å². The van der Waals surface area contributed by atoms with Gasteiger partial charge < -0.3 is 4.74 Å². The number of hydrogen-bond acceptors (Lipinski definition) is 4. The summed E-state index contributed by atoms with van der Waals surface area (Å²) in [6.45, 7) is 3.40. The van der Waals surface area contributed by atoms with Gasteiger partial charge in [-0.2, -0.15) is 10.2 Å². The molecule has 27 heavy (non-hydrogen) atoms. The molecule has 1 fully saturated rings. The molecule has 3 aromatic rings. The minimum absolute atomic E-state index is 0.291. The Labute approximate surface area is 158 Å².